The van der Waals surface area contributed by atoms with Crippen LogP contribution in [0.5, 0.6) is 0 Å². The molecule has 1 saturated heterocycles. The lowest BCUT2D eigenvalue weighted by atomic mass is 10.2. The zero-order valence-electron chi connectivity index (χ0n) is 10.3. The molecule has 0 atom stereocenters. The Labute approximate surface area is 110 Å². The van der Waals surface area contributed by atoms with E-state index in [0.717, 1.165) is 18.8 Å². The van der Waals surface area contributed by atoms with Crippen LogP contribution in [-0.4, -0.2) is 39.0 Å². The van der Waals surface area contributed by atoms with Gasteiger partial charge in [0.1, 0.15) is 0 Å². The molecule has 1 aliphatic heterocycles. The van der Waals surface area contributed by atoms with E-state index in [0.29, 0.717) is 18.3 Å². The zero-order valence-corrected chi connectivity index (χ0v) is 10.3. The summed E-state index contributed by atoms with van der Waals surface area (Å²) in [5.74, 6) is -0.232. The first kappa shape index (κ1) is 11.8. The predicted molar refractivity (Wildman–Crippen MR) is 67.3 cm³/mol. The smallest absolute Gasteiger partial charge is 0.273 e. The van der Waals surface area contributed by atoms with Crippen LogP contribution >= 0.6 is 0 Å². The van der Waals surface area contributed by atoms with Crippen LogP contribution in [0, 0.1) is 0 Å². The van der Waals surface area contributed by atoms with Crippen LogP contribution in [0.25, 0.3) is 0 Å². The topological polar surface area (TPSA) is 84.7 Å². The molecule has 1 aliphatic rings. The van der Waals surface area contributed by atoms with Crippen LogP contribution in [0.3, 0.4) is 0 Å². The maximum Gasteiger partial charge on any atom is 0.273 e. The molecule has 19 heavy (non-hydrogen) atoms. The largest absolute Gasteiger partial charge is 0.345 e. The summed E-state index contributed by atoms with van der Waals surface area (Å²) < 4.78 is 1.73. The number of pyridine rings is 1. The van der Waals surface area contributed by atoms with Gasteiger partial charge >= 0.3 is 0 Å². The summed E-state index contributed by atoms with van der Waals surface area (Å²) in [5.41, 5.74) is 1.15. The molecule has 0 aromatic carbocycles. The molecule has 1 amide bonds. The van der Waals surface area contributed by atoms with Crippen molar-refractivity contribution in [3.63, 3.8) is 0 Å². The fraction of sp³-hybridized carbons (Fsp3) is 0.333. The second-order valence-corrected chi connectivity index (χ2v) is 4.40. The number of hydrogen-bond donors (Lipinski definition) is 2. The third-order valence-electron chi connectivity index (χ3n) is 3.03. The SMILES string of the molecule is O=C(NCc1ccccn1)c1cn(C2CNC2)nn1. The van der Waals surface area contributed by atoms with Crippen molar-refractivity contribution in [3.05, 3.63) is 42.0 Å². The van der Waals surface area contributed by atoms with Crippen molar-refractivity contribution in [2.45, 2.75) is 12.6 Å². The molecule has 2 aromatic rings. The minimum Gasteiger partial charge on any atom is -0.345 e. The van der Waals surface area contributed by atoms with E-state index >= 15 is 0 Å². The number of rotatable bonds is 4. The summed E-state index contributed by atoms with van der Waals surface area (Å²) in [4.78, 5) is 16.0. The normalized spacial score (nSPS) is 14.9. The molecule has 2 aromatic heterocycles. The van der Waals surface area contributed by atoms with Crippen molar-refractivity contribution in [2.75, 3.05) is 13.1 Å². The highest BCUT2D eigenvalue weighted by molar-refractivity contribution is 5.91. The highest BCUT2D eigenvalue weighted by Gasteiger charge is 2.21. The molecule has 3 rings (SSSR count). The van der Waals surface area contributed by atoms with Crippen LogP contribution < -0.4 is 10.6 Å². The van der Waals surface area contributed by atoms with Gasteiger partial charge in [-0.05, 0) is 12.1 Å². The van der Waals surface area contributed by atoms with E-state index in [1.807, 2.05) is 18.2 Å². The molecular formula is C12H14N6O. The lowest BCUT2D eigenvalue weighted by Crippen LogP contribution is -2.43. The average molecular weight is 258 g/mol. The zero-order chi connectivity index (χ0) is 13.1. The highest BCUT2D eigenvalue weighted by atomic mass is 16.2. The summed E-state index contributed by atoms with van der Waals surface area (Å²) >= 11 is 0. The fourth-order valence-corrected chi connectivity index (χ4v) is 1.78. The quantitative estimate of drug-likeness (QED) is 0.789. The van der Waals surface area contributed by atoms with Crippen molar-refractivity contribution in [2.24, 2.45) is 0 Å². The maximum atomic E-state index is 11.9. The molecule has 98 valence electrons. The molecule has 0 aliphatic carbocycles. The summed E-state index contributed by atoms with van der Waals surface area (Å²) in [6.45, 7) is 2.13. The van der Waals surface area contributed by atoms with Crippen molar-refractivity contribution in [1.82, 2.24) is 30.6 Å². The van der Waals surface area contributed by atoms with Crippen LogP contribution in [-0.2, 0) is 6.54 Å². The molecule has 0 unspecified atom stereocenters. The summed E-state index contributed by atoms with van der Waals surface area (Å²) in [6, 6.07) is 5.89. The Bertz CT molecular complexity index is 563. The van der Waals surface area contributed by atoms with Crippen molar-refractivity contribution in [1.29, 1.82) is 0 Å². The summed E-state index contributed by atoms with van der Waals surface area (Å²) in [6.07, 6.45) is 3.38. The Balaban J connectivity index is 1.59. The second kappa shape index (κ2) is 5.15. The minimum absolute atomic E-state index is 0.232. The van der Waals surface area contributed by atoms with Gasteiger partial charge in [-0.2, -0.15) is 0 Å². The Kier molecular flexibility index (Phi) is 3.20. The molecule has 0 spiro atoms. The number of aromatic nitrogens is 4. The third-order valence-corrected chi connectivity index (χ3v) is 3.03. The molecular weight excluding hydrogens is 244 g/mol. The lowest BCUT2D eigenvalue weighted by molar-refractivity contribution is 0.0945. The van der Waals surface area contributed by atoms with E-state index in [-0.39, 0.29) is 5.91 Å². The van der Waals surface area contributed by atoms with Gasteiger partial charge in [0, 0.05) is 19.3 Å². The molecule has 7 nitrogen and oxygen atoms in total. The number of nitrogens with zero attached hydrogens (tertiary/aromatic N) is 4. The van der Waals surface area contributed by atoms with Gasteiger partial charge < -0.3 is 10.6 Å². The van der Waals surface area contributed by atoms with E-state index < -0.39 is 0 Å². The van der Waals surface area contributed by atoms with Gasteiger partial charge in [0.05, 0.1) is 24.5 Å². The predicted octanol–water partition coefficient (Wildman–Crippen LogP) is -0.253. The van der Waals surface area contributed by atoms with Gasteiger partial charge in [0.15, 0.2) is 5.69 Å². The van der Waals surface area contributed by atoms with E-state index in [9.17, 15) is 4.79 Å². The summed E-state index contributed by atoms with van der Waals surface area (Å²) in [7, 11) is 0. The van der Waals surface area contributed by atoms with Gasteiger partial charge in [-0.3, -0.25) is 9.78 Å². The minimum atomic E-state index is -0.232. The molecule has 0 radical (unpaired) electrons. The molecule has 3 heterocycles. The number of hydrogen-bond acceptors (Lipinski definition) is 5. The standard InChI is InChI=1S/C12H14N6O/c19-12(15-5-9-3-1-2-4-14-9)11-8-18(17-16-11)10-6-13-7-10/h1-4,8,10,13H,5-7H2,(H,15,19). The number of amides is 1. The second-order valence-electron chi connectivity index (χ2n) is 4.40. The van der Waals surface area contributed by atoms with E-state index in [1.165, 1.54) is 0 Å². The molecule has 0 saturated carbocycles. The first-order chi connectivity index (χ1) is 9.33. The van der Waals surface area contributed by atoms with Crippen molar-refractivity contribution >= 4 is 5.91 Å². The van der Waals surface area contributed by atoms with Gasteiger partial charge in [0.25, 0.3) is 5.91 Å². The van der Waals surface area contributed by atoms with Crippen LogP contribution in [0.4, 0.5) is 0 Å². The lowest BCUT2D eigenvalue weighted by Gasteiger charge is -2.26. The first-order valence-corrected chi connectivity index (χ1v) is 6.13. The van der Waals surface area contributed by atoms with Gasteiger partial charge in [0.2, 0.25) is 0 Å². The number of carbonyl (C=O) groups excluding carboxylic acids is 1. The van der Waals surface area contributed by atoms with Crippen LogP contribution in [0.2, 0.25) is 0 Å². The number of carbonyl (C=O) groups is 1. The fourth-order valence-electron chi connectivity index (χ4n) is 1.78. The first-order valence-electron chi connectivity index (χ1n) is 6.13. The van der Waals surface area contributed by atoms with E-state index in [4.69, 9.17) is 0 Å². The average Bonchev–Trinajstić information content (AvgIpc) is 2.84. The molecule has 7 heteroatoms. The third kappa shape index (κ3) is 2.60. The van der Waals surface area contributed by atoms with E-state index in [1.54, 1.807) is 17.1 Å². The molecule has 1 fully saturated rings. The Morgan fingerprint density at radius 1 is 1.47 bits per heavy atom. The number of nitrogens with one attached hydrogen (secondary N) is 2. The summed E-state index contributed by atoms with van der Waals surface area (Å²) in [5, 5.41) is 13.8. The maximum absolute atomic E-state index is 11.9. The van der Waals surface area contributed by atoms with Crippen molar-refractivity contribution < 1.29 is 4.79 Å². The molecule has 2 N–H and O–H groups in total. The van der Waals surface area contributed by atoms with Crippen molar-refractivity contribution in [3.8, 4) is 0 Å². The van der Waals surface area contributed by atoms with Gasteiger partial charge in [-0.1, -0.05) is 11.3 Å². The Morgan fingerprint density at radius 3 is 3.05 bits per heavy atom. The Morgan fingerprint density at radius 2 is 2.37 bits per heavy atom. The Hall–Kier alpha value is -2.28. The highest BCUT2D eigenvalue weighted by Crippen LogP contribution is 2.09. The van der Waals surface area contributed by atoms with Crippen LogP contribution in [0.1, 0.15) is 22.2 Å². The van der Waals surface area contributed by atoms with Gasteiger partial charge in [-0.15, -0.1) is 5.10 Å². The molecule has 0 bridgehead atoms. The van der Waals surface area contributed by atoms with Gasteiger partial charge in [-0.25, -0.2) is 4.68 Å². The van der Waals surface area contributed by atoms with E-state index in [2.05, 4.69) is 25.9 Å². The van der Waals surface area contributed by atoms with Crippen LogP contribution in [0.15, 0.2) is 30.6 Å². The monoisotopic (exact) mass is 258 g/mol.